The third-order valence-electron chi connectivity index (χ3n) is 3.51. The summed E-state index contributed by atoms with van der Waals surface area (Å²) in [6.07, 6.45) is 3.27. The average Bonchev–Trinajstić information content (AvgIpc) is 3.00. The molecule has 8 heteroatoms. The van der Waals surface area contributed by atoms with Gasteiger partial charge in [-0.15, -0.1) is 0 Å². The molecule has 2 fully saturated rings. The quantitative estimate of drug-likeness (QED) is 0.626. The van der Waals surface area contributed by atoms with E-state index in [0.717, 1.165) is 0 Å². The molecule has 0 spiro atoms. The predicted octanol–water partition coefficient (Wildman–Crippen LogP) is -0.375. The number of rotatable bonds is 7. The average molecular weight is 310 g/mol. The lowest BCUT2D eigenvalue weighted by Crippen LogP contribution is -2.47. The van der Waals surface area contributed by atoms with E-state index in [0.29, 0.717) is 25.4 Å². The molecule has 1 saturated carbocycles. The van der Waals surface area contributed by atoms with Crippen LogP contribution >= 0.6 is 0 Å². The first-order valence-electron chi connectivity index (χ1n) is 6.65. The van der Waals surface area contributed by atoms with Crippen LogP contribution in [0.3, 0.4) is 0 Å². The largest absolute Gasteiger partial charge is 0.314 e. The van der Waals surface area contributed by atoms with Crippen molar-refractivity contribution in [3.05, 3.63) is 0 Å². The van der Waals surface area contributed by atoms with Crippen LogP contribution in [0, 0.1) is 0 Å². The highest BCUT2D eigenvalue weighted by atomic mass is 32.2. The molecule has 1 aliphatic carbocycles. The predicted molar refractivity (Wildman–Crippen MR) is 74.2 cm³/mol. The molecule has 2 N–H and O–H groups in total. The van der Waals surface area contributed by atoms with Gasteiger partial charge in [-0.05, 0) is 39.2 Å². The van der Waals surface area contributed by atoms with Crippen LogP contribution in [0.15, 0.2) is 0 Å². The lowest BCUT2D eigenvalue weighted by Gasteiger charge is -2.23. The van der Waals surface area contributed by atoms with Gasteiger partial charge in [0.2, 0.25) is 10.0 Å². The van der Waals surface area contributed by atoms with Gasteiger partial charge in [-0.3, -0.25) is 0 Å². The van der Waals surface area contributed by atoms with E-state index in [-0.39, 0.29) is 17.3 Å². The van der Waals surface area contributed by atoms with Gasteiger partial charge >= 0.3 is 0 Å². The first-order valence-corrected chi connectivity index (χ1v) is 10.1. The van der Waals surface area contributed by atoms with Crippen LogP contribution in [0.4, 0.5) is 0 Å². The summed E-state index contributed by atoms with van der Waals surface area (Å²) < 4.78 is 49.3. The lowest BCUT2D eigenvalue weighted by molar-refractivity contribution is 0.460. The van der Waals surface area contributed by atoms with Crippen LogP contribution in [0.2, 0.25) is 0 Å². The van der Waals surface area contributed by atoms with Gasteiger partial charge in [0, 0.05) is 11.6 Å². The van der Waals surface area contributed by atoms with Gasteiger partial charge in [-0.1, -0.05) is 0 Å². The highest BCUT2D eigenvalue weighted by Gasteiger charge is 2.40. The monoisotopic (exact) mass is 310 g/mol. The Bertz CT molecular complexity index is 525. The molecule has 112 valence electrons. The van der Waals surface area contributed by atoms with Crippen molar-refractivity contribution in [1.29, 1.82) is 0 Å². The molecule has 6 nitrogen and oxygen atoms in total. The summed E-state index contributed by atoms with van der Waals surface area (Å²) in [6.45, 7) is 2.36. The smallest absolute Gasteiger partial charge is 0.212 e. The fourth-order valence-corrected chi connectivity index (χ4v) is 6.11. The van der Waals surface area contributed by atoms with E-state index in [2.05, 4.69) is 10.0 Å². The molecule has 1 saturated heterocycles. The van der Waals surface area contributed by atoms with Gasteiger partial charge in [-0.2, -0.15) is 0 Å². The number of nitrogens with one attached hydrogen (secondary N) is 2. The highest BCUT2D eigenvalue weighted by Crippen LogP contribution is 2.23. The second-order valence-corrected chi connectivity index (χ2v) is 9.93. The van der Waals surface area contributed by atoms with Crippen LogP contribution in [-0.4, -0.2) is 52.2 Å². The summed E-state index contributed by atoms with van der Waals surface area (Å²) in [5, 5.41) is 3.26. The fraction of sp³-hybridized carbons (Fsp3) is 1.00. The number of sulfone groups is 1. The zero-order chi connectivity index (χ0) is 14.1. The summed E-state index contributed by atoms with van der Waals surface area (Å²) in [7, 11) is -6.50. The zero-order valence-corrected chi connectivity index (χ0v) is 12.8. The molecule has 0 radical (unpaired) electrons. The van der Waals surface area contributed by atoms with Gasteiger partial charge in [0.1, 0.15) is 0 Å². The molecule has 1 aliphatic heterocycles. The minimum atomic E-state index is -3.41. The van der Waals surface area contributed by atoms with Crippen molar-refractivity contribution in [2.75, 3.05) is 23.8 Å². The Balaban J connectivity index is 1.79. The molecule has 0 aromatic heterocycles. The molecule has 1 heterocycles. The van der Waals surface area contributed by atoms with Crippen molar-refractivity contribution in [1.82, 2.24) is 10.0 Å². The van der Waals surface area contributed by atoms with Crippen LogP contribution in [0.5, 0.6) is 0 Å². The van der Waals surface area contributed by atoms with Crippen LogP contribution in [0.25, 0.3) is 0 Å². The minimum Gasteiger partial charge on any atom is -0.314 e. The fourth-order valence-electron chi connectivity index (χ4n) is 2.37. The first-order chi connectivity index (χ1) is 8.70. The van der Waals surface area contributed by atoms with E-state index in [1.54, 1.807) is 6.92 Å². The zero-order valence-electron chi connectivity index (χ0n) is 11.2. The maximum Gasteiger partial charge on any atom is 0.212 e. The van der Waals surface area contributed by atoms with Crippen molar-refractivity contribution >= 4 is 19.9 Å². The third-order valence-corrected chi connectivity index (χ3v) is 7.04. The van der Waals surface area contributed by atoms with E-state index in [4.69, 9.17) is 0 Å². The SMILES string of the molecule is CC1(NS(=O)(=O)CCCNC2CC2)CCS(=O)(=O)C1. The second kappa shape index (κ2) is 5.31. The van der Waals surface area contributed by atoms with E-state index in [1.807, 2.05) is 0 Å². The van der Waals surface area contributed by atoms with Gasteiger partial charge in [0.15, 0.2) is 9.84 Å². The van der Waals surface area contributed by atoms with E-state index < -0.39 is 25.4 Å². The van der Waals surface area contributed by atoms with Crippen LogP contribution < -0.4 is 10.0 Å². The number of hydrogen-bond acceptors (Lipinski definition) is 5. The number of hydrogen-bond donors (Lipinski definition) is 2. The second-order valence-electron chi connectivity index (χ2n) is 5.91. The van der Waals surface area contributed by atoms with Crippen LogP contribution in [0.1, 0.15) is 32.6 Å². The molecular weight excluding hydrogens is 288 g/mol. The molecule has 1 unspecified atom stereocenters. The third kappa shape index (κ3) is 5.02. The van der Waals surface area contributed by atoms with Crippen molar-refractivity contribution in [3.8, 4) is 0 Å². The summed E-state index contributed by atoms with van der Waals surface area (Å²) >= 11 is 0. The molecule has 0 aromatic carbocycles. The van der Waals surface area contributed by atoms with Crippen LogP contribution in [-0.2, 0) is 19.9 Å². The van der Waals surface area contributed by atoms with Gasteiger partial charge in [-0.25, -0.2) is 21.6 Å². The van der Waals surface area contributed by atoms with Crippen molar-refractivity contribution in [2.24, 2.45) is 0 Å². The molecule has 0 aromatic rings. The Hall–Kier alpha value is -0.180. The molecule has 1 atom stereocenters. The summed E-state index contributed by atoms with van der Waals surface area (Å²) in [5.41, 5.74) is -0.832. The minimum absolute atomic E-state index is 0.0440. The van der Waals surface area contributed by atoms with Crippen molar-refractivity contribution in [2.45, 2.75) is 44.2 Å². The maximum absolute atomic E-state index is 11.9. The Labute approximate surface area is 115 Å². The Morgan fingerprint density at radius 3 is 2.53 bits per heavy atom. The summed E-state index contributed by atoms with van der Waals surface area (Å²) in [5.74, 6) is 0.0111. The summed E-state index contributed by atoms with van der Waals surface area (Å²) in [4.78, 5) is 0. The highest BCUT2D eigenvalue weighted by molar-refractivity contribution is 7.92. The van der Waals surface area contributed by atoms with Crippen molar-refractivity contribution < 1.29 is 16.8 Å². The number of sulfonamides is 1. The van der Waals surface area contributed by atoms with Gasteiger partial charge < -0.3 is 5.32 Å². The molecule has 2 aliphatic rings. The van der Waals surface area contributed by atoms with E-state index in [1.165, 1.54) is 12.8 Å². The molecule has 2 rings (SSSR count). The molecule has 0 bridgehead atoms. The Morgan fingerprint density at radius 1 is 1.32 bits per heavy atom. The lowest BCUT2D eigenvalue weighted by atomic mass is 10.0. The maximum atomic E-state index is 11.9. The van der Waals surface area contributed by atoms with Gasteiger partial charge in [0.05, 0.1) is 17.3 Å². The Kier molecular flexibility index (Phi) is 4.25. The van der Waals surface area contributed by atoms with Crippen molar-refractivity contribution in [3.63, 3.8) is 0 Å². The standard InChI is InChI=1S/C11H22N2O4S2/c1-11(5-8-18(14,15)9-11)13-19(16,17)7-2-6-12-10-3-4-10/h10,12-13H,2-9H2,1H3. The summed E-state index contributed by atoms with van der Waals surface area (Å²) in [6, 6.07) is 0.577. The topological polar surface area (TPSA) is 92.3 Å². The van der Waals surface area contributed by atoms with E-state index in [9.17, 15) is 16.8 Å². The Morgan fingerprint density at radius 2 is 2.00 bits per heavy atom. The first kappa shape index (κ1) is 15.2. The van der Waals surface area contributed by atoms with E-state index >= 15 is 0 Å². The molecule has 19 heavy (non-hydrogen) atoms. The normalized spacial score (nSPS) is 30.6. The molecule has 0 amide bonds. The van der Waals surface area contributed by atoms with Gasteiger partial charge in [0.25, 0.3) is 0 Å². The molecular formula is C11H22N2O4S2.